The smallest absolute Gasteiger partial charge is 0.303 e. The van der Waals surface area contributed by atoms with Crippen molar-refractivity contribution in [2.45, 2.75) is 32.7 Å². The van der Waals surface area contributed by atoms with Gasteiger partial charge in [0.15, 0.2) is 0 Å². The van der Waals surface area contributed by atoms with Crippen LogP contribution in [0.4, 0.5) is 5.69 Å². The van der Waals surface area contributed by atoms with E-state index in [1.54, 1.807) is 6.92 Å². The summed E-state index contributed by atoms with van der Waals surface area (Å²) >= 11 is 0. The minimum Gasteiger partial charge on any atom is -0.481 e. The summed E-state index contributed by atoms with van der Waals surface area (Å²) in [4.78, 5) is 44.3. The number of hydrogen-bond acceptors (Lipinski definition) is 5. The minimum atomic E-state index is -0.946. The fraction of sp³-hybridized carbons (Fsp3) is 0.400. The van der Waals surface area contributed by atoms with E-state index in [0.717, 1.165) is 0 Å². The lowest BCUT2D eigenvalue weighted by molar-refractivity contribution is -0.385. The van der Waals surface area contributed by atoms with Crippen LogP contribution in [-0.2, 0) is 9.59 Å². The van der Waals surface area contributed by atoms with E-state index in [1.165, 1.54) is 25.1 Å². The van der Waals surface area contributed by atoms with Crippen LogP contribution in [0.3, 0.4) is 0 Å². The first kappa shape index (κ1) is 19.1. The third-order valence-electron chi connectivity index (χ3n) is 3.26. The van der Waals surface area contributed by atoms with Crippen LogP contribution in [0.1, 0.15) is 35.7 Å². The quantitative estimate of drug-likeness (QED) is 0.478. The molecule has 1 atom stereocenters. The fourth-order valence-electron chi connectivity index (χ4n) is 2.00. The molecule has 24 heavy (non-hydrogen) atoms. The minimum absolute atomic E-state index is 0.0596. The highest BCUT2D eigenvalue weighted by Crippen LogP contribution is 2.18. The lowest BCUT2D eigenvalue weighted by atomic mass is 10.1. The average molecular weight is 337 g/mol. The van der Waals surface area contributed by atoms with Crippen LogP contribution in [0.5, 0.6) is 0 Å². The standard InChI is InChI=1S/C15H19N3O6/c1-9-7-11(4-5-12(9)18(23)24)15(22)16-8-13(19)17-10(2)3-6-14(20)21/h4-5,7,10H,3,6,8H2,1-2H3,(H,16,22)(H,17,19)(H,20,21). The summed E-state index contributed by atoms with van der Waals surface area (Å²) in [6.45, 7) is 2.92. The van der Waals surface area contributed by atoms with E-state index < -0.39 is 22.7 Å². The van der Waals surface area contributed by atoms with Gasteiger partial charge in [-0.25, -0.2) is 0 Å². The van der Waals surface area contributed by atoms with Gasteiger partial charge < -0.3 is 15.7 Å². The Morgan fingerprint density at radius 3 is 2.54 bits per heavy atom. The van der Waals surface area contributed by atoms with Crippen molar-refractivity contribution < 1.29 is 24.4 Å². The molecule has 1 aromatic rings. The van der Waals surface area contributed by atoms with Crippen molar-refractivity contribution >= 4 is 23.5 Å². The largest absolute Gasteiger partial charge is 0.481 e. The van der Waals surface area contributed by atoms with E-state index in [0.29, 0.717) is 5.56 Å². The molecule has 0 spiro atoms. The van der Waals surface area contributed by atoms with Gasteiger partial charge >= 0.3 is 5.97 Å². The maximum atomic E-state index is 11.9. The molecule has 9 nitrogen and oxygen atoms in total. The number of amides is 2. The molecular weight excluding hydrogens is 318 g/mol. The second-order valence-electron chi connectivity index (χ2n) is 5.34. The third-order valence-corrected chi connectivity index (χ3v) is 3.26. The molecule has 2 amide bonds. The van der Waals surface area contributed by atoms with Gasteiger partial charge in [0, 0.05) is 29.7 Å². The van der Waals surface area contributed by atoms with Crippen LogP contribution in [0, 0.1) is 17.0 Å². The van der Waals surface area contributed by atoms with E-state index in [2.05, 4.69) is 10.6 Å². The Kier molecular flexibility index (Phi) is 6.84. The van der Waals surface area contributed by atoms with Crippen molar-refractivity contribution in [3.05, 3.63) is 39.4 Å². The number of carbonyl (C=O) groups is 3. The number of nitrogens with zero attached hydrogens (tertiary/aromatic N) is 1. The number of nitro benzene ring substituents is 1. The first-order valence-corrected chi connectivity index (χ1v) is 7.25. The van der Waals surface area contributed by atoms with Crippen molar-refractivity contribution in [2.75, 3.05) is 6.54 Å². The van der Waals surface area contributed by atoms with Crippen molar-refractivity contribution in [2.24, 2.45) is 0 Å². The average Bonchev–Trinajstić information content (AvgIpc) is 2.50. The zero-order valence-electron chi connectivity index (χ0n) is 13.4. The van der Waals surface area contributed by atoms with Crippen LogP contribution in [0.15, 0.2) is 18.2 Å². The number of carbonyl (C=O) groups excluding carboxylic acids is 2. The number of aryl methyl sites for hydroxylation is 1. The second-order valence-corrected chi connectivity index (χ2v) is 5.34. The van der Waals surface area contributed by atoms with Crippen LogP contribution in [-0.4, -0.2) is 40.4 Å². The highest BCUT2D eigenvalue weighted by Gasteiger charge is 2.15. The first-order chi connectivity index (χ1) is 11.2. The maximum absolute atomic E-state index is 11.9. The van der Waals surface area contributed by atoms with Gasteiger partial charge in [-0.2, -0.15) is 0 Å². The molecule has 1 rings (SSSR count). The monoisotopic (exact) mass is 337 g/mol. The summed E-state index contributed by atoms with van der Waals surface area (Å²) < 4.78 is 0. The highest BCUT2D eigenvalue weighted by atomic mass is 16.6. The van der Waals surface area contributed by atoms with Gasteiger partial charge in [-0.15, -0.1) is 0 Å². The van der Waals surface area contributed by atoms with Gasteiger partial charge in [0.1, 0.15) is 0 Å². The topological polar surface area (TPSA) is 139 Å². The molecule has 0 aliphatic carbocycles. The Hall–Kier alpha value is -2.97. The van der Waals surface area contributed by atoms with Crippen molar-refractivity contribution in [3.63, 3.8) is 0 Å². The number of nitrogens with one attached hydrogen (secondary N) is 2. The highest BCUT2D eigenvalue weighted by molar-refractivity contribution is 5.96. The fourth-order valence-corrected chi connectivity index (χ4v) is 2.00. The molecular formula is C15H19N3O6. The van der Waals surface area contributed by atoms with E-state index in [9.17, 15) is 24.5 Å². The van der Waals surface area contributed by atoms with Crippen molar-refractivity contribution in [3.8, 4) is 0 Å². The number of aliphatic carboxylic acids is 1. The molecule has 0 aromatic heterocycles. The lowest BCUT2D eigenvalue weighted by Gasteiger charge is -2.13. The Morgan fingerprint density at radius 2 is 2.00 bits per heavy atom. The van der Waals surface area contributed by atoms with Gasteiger partial charge in [-0.05, 0) is 32.4 Å². The molecule has 0 heterocycles. The molecule has 1 unspecified atom stereocenters. The Balaban J connectivity index is 2.51. The van der Waals surface area contributed by atoms with E-state index in [1.807, 2.05) is 0 Å². The zero-order valence-corrected chi connectivity index (χ0v) is 13.4. The summed E-state index contributed by atoms with van der Waals surface area (Å²) in [5.41, 5.74) is 0.473. The van der Waals surface area contributed by atoms with Gasteiger partial charge in [0.25, 0.3) is 11.6 Å². The van der Waals surface area contributed by atoms with E-state index in [4.69, 9.17) is 5.11 Å². The van der Waals surface area contributed by atoms with Crippen LogP contribution < -0.4 is 10.6 Å². The number of benzene rings is 1. The SMILES string of the molecule is Cc1cc(C(=O)NCC(=O)NC(C)CCC(=O)O)ccc1[N+](=O)[O-]. The second kappa shape index (κ2) is 8.61. The van der Waals surface area contributed by atoms with Gasteiger partial charge in [0.05, 0.1) is 11.5 Å². The Labute approximate surface area is 138 Å². The third kappa shape index (κ3) is 6.03. The van der Waals surface area contributed by atoms with Crippen molar-refractivity contribution in [1.82, 2.24) is 10.6 Å². The Bertz CT molecular complexity index is 659. The van der Waals surface area contributed by atoms with Crippen LogP contribution >= 0.6 is 0 Å². The maximum Gasteiger partial charge on any atom is 0.303 e. The van der Waals surface area contributed by atoms with Gasteiger partial charge in [-0.3, -0.25) is 24.5 Å². The molecule has 0 bridgehead atoms. The predicted molar refractivity (Wildman–Crippen MR) is 84.6 cm³/mol. The van der Waals surface area contributed by atoms with Crippen LogP contribution in [0.25, 0.3) is 0 Å². The molecule has 0 fully saturated rings. The Morgan fingerprint density at radius 1 is 1.33 bits per heavy atom. The molecule has 0 saturated carbocycles. The molecule has 0 saturated heterocycles. The van der Waals surface area contributed by atoms with Crippen LogP contribution in [0.2, 0.25) is 0 Å². The number of carboxylic acid groups (broad SMARTS) is 1. The summed E-state index contributed by atoms with van der Waals surface area (Å²) in [6.07, 6.45) is 0.229. The molecule has 0 radical (unpaired) electrons. The number of rotatable bonds is 8. The molecule has 0 aliphatic rings. The molecule has 130 valence electrons. The number of carboxylic acids is 1. The van der Waals surface area contributed by atoms with Crippen molar-refractivity contribution in [1.29, 1.82) is 0 Å². The summed E-state index contributed by atoms with van der Waals surface area (Å²) in [7, 11) is 0. The predicted octanol–water partition coefficient (Wildman–Crippen LogP) is 1.00. The van der Waals surface area contributed by atoms with E-state index in [-0.39, 0.29) is 36.7 Å². The van der Waals surface area contributed by atoms with Gasteiger partial charge in [-0.1, -0.05) is 0 Å². The molecule has 0 aliphatic heterocycles. The summed E-state index contributed by atoms with van der Waals surface area (Å²) in [5, 5.41) is 24.3. The zero-order chi connectivity index (χ0) is 18.3. The lowest BCUT2D eigenvalue weighted by Crippen LogP contribution is -2.41. The first-order valence-electron chi connectivity index (χ1n) is 7.25. The number of nitro groups is 1. The number of hydrogen-bond donors (Lipinski definition) is 3. The summed E-state index contributed by atoms with van der Waals surface area (Å²) in [5.74, 6) is -1.92. The van der Waals surface area contributed by atoms with Gasteiger partial charge in [0.2, 0.25) is 5.91 Å². The molecule has 9 heteroatoms. The molecule has 3 N–H and O–H groups in total. The normalized spacial score (nSPS) is 11.4. The molecule has 1 aromatic carbocycles. The summed E-state index contributed by atoms with van der Waals surface area (Å²) in [6, 6.07) is 3.60. The van der Waals surface area contributed by atoms with E-state index >= 15 is 0 Å².